The molecule has 1 N–H and O–H groups in total. The molecule has 0 aromatic rings. The van der Waals surface area contributed by atoms with Crippen molar-refractivity contribution in [3.8, 4) is 0 Å². The van der Waals surface area contributed by atoms with Crippen molar-refractivity contribution in [3.63, 3.8) is 0 Å². The lowest BCUT2D eigenvalue weighted by atomic mass is 10.0. The molecule has 0 aromatic heterocycles. The average molecular weight is 381 g/mol. The first kappa shape index (κ1) is 18.7. The van der Waals surface area contributed by atoms with E-state index in [0.717, 1.165) is 9.80 Å². The molecule has 2 rings (SSSR count). The lowest BCUT2D eigenvalue weighted by molar-refractivity contribution is -0.161. The number of fused-ring (bicyclic) bond motifs is 1. The topological polar surface area (TPSA) is 121 Å². The van der Waals surface area contributed by atoms with Gasteiger partial charge in [0.05, 0.1) is 12.2 Å². The molecule has 2 aliphatic rings. The zero-order valence-electron chi connectivity index (χ0n) is 13.1. The van der Waals surface area contributed by atoms with E-state index in [0.29, 0.717) is 0 Å². The van der Waals surface area contributed by atoms with E-state index in [1.807, 2.05) is 0 Å². The maximum absolute atomic E-state index is 12.6. The second-order valence-corrected chi connectivity index (χ2v) is 7.88. The molecule has 0 saturated carbocycles. The molecule has 2 aliphatic heterocycles. The number of carboxylic acid groups (broad SMARTS) is 1. The number of hydrogen-bond donors (Lipinski definition) is 1. The van der Waals surface area contributed by atoms with Crippen LogP contribution in [0.15, 0.2) is 11.3 Å². The van der Waals surface area contributed by atoms with Crippen LogP contribution in [-0.2, 0) is 29.0 Å². The molecule has 2 amide bonds. The summed E-state index contributed by atoms with van der Waals surface area (Å²) in [4.78, 5) is 37.4. The Hall–Kier alpha value is -1.65. The van der Waals surface area contributed by atoms with Gasteiger partial charge in [-0.25, -0.2) is 8.42 Å². The fourth-order valence-electron chi connectivity index (χ4n) is 2.71. The first-order chi connectivity index (χ1) is 11.2. The highest BCUT2D eigenvalue weighted by Gasteiger charge is 2.60. The average Bonchev–Trinajstić information content (AvgIpc) is 2.51. The lowest BCUT2D eigenvalue weighted by Gasteiger charge is -2.49. The Bertz CT molecular complexity index is 718. The normalized spacial score (nSPS) is 25.1. The fourth-order valence-corrected chi connectivity index (χ4v) is 5.07. The summed E-state index contributed by atoms with van der Waals surface area (Å²) in [6, 6.07) is 0. The summed E-state index contributed by atoms with van der Waals surface area (Å²) >= 11 is 5.78. The number of carboxylic acids is 1. The number of halogens is 1. The summed E-state index contributed by atoms with van der Waals surface area (Å²) in [5.41, 5.74) is 0.0130. The summed E-state index contributed by atoms with van der Waals surface area (Å²) in [6.07, 6.45) is -1.43. The van der Waals surface area contributed by atoms with Gasteiger partial charge in [-0.2, -0.15) is 0 Å². The van der Waals surface area contributed by atoms with Crippen LogP contribution in [0.5, 0.6) is 0 Å². The van der Waals surface area contributed by atoms with E-state index in [9.17, 15) is 22.8 Å². The van der Waals surface area contributed by atoms with Crippen LogP contribution in [0.2, 0.25) is 0 Å². The standard InChI is InChI=1S/C13H17ClN2O7S/c1-15(4-3-8(17)18)11(19)9-7(5-14)6-24(21,22)13-10(23-2)12(20)16(9)13/h10,13H,3-6H2,1-2H3,(H,17,18)/t10-,13+/m0/s1. The third kappa shape index (κ3) is 3.01. The number of rotatable bonds is 6. The number of carbonyl (C=O) groups is 3. The molecule has 134 valence electrons. The van der Waals surface area contributed by atoms with E-state index < -0.39 is 44.9 Å². The van der Waals surface area contributed by atoms with Gasteiger partial charge in [0.1, 0.15) is 5.70 Å². The molecule has 9 nitrogen and oxygen atoms in total. The SMILES string of the molecule is CO[C@H]1C(=O)N2C(C(=O)N(C)CCC(=O)O)=C(CCl)CS(=O)(=O)[C@H]12. The third-order valence-corrected chi connectivity index (χ3v) is 6.21. The molecule has 24 heavy (non-hydrogen) atoms. The first-order valence-corrected chi connectivity index (χ1v) is 9.23. The molecule has 0 aliphatic carbocycles. The van der Waals surface area contributed by atoms with Crippen molar-refractivity contribution in [1.29, 1.82) is 0 Å². The smallest absolute Gasteiger partial charge is 0.305 e. The van der Waals surface area contributed by atoms with Crippen molar-refractivity contribution < 1.29 is 32.6 Å². The van der Waals surface area contributed by atoms with E-state index in [4.69, 9.17) is 21.4 Å². The molecule has 0 spiro atoms. The van der Waals surface area contributed by atoms with Crippen LogP contribution in [-0.4, -0.2) is 84.9 Å². The number of β-lactam (4-membered cyclic amide) rings is 1. The van der Waals surface area contributed by atoms with E-state index in [1.165, 1.54) is 14.2 Å². The molecule has 0 radical (unpaired) electrons. The minimum Gasteiger partial charge on any atom is -0.481 e. The van der Waals surface area contributed by atoms with E-state index in [2.05, 4.69) is 0 Å². The third-order valence-electron chi connectivity index (χ3n) is 3.94. The van der Waals surface area contributed by atoms with Gasteiger partial charge >= 0.3 is 5.97 Å². The Morgan fingerprint density at radius 3 is 2.58 bits per heavy atom. The number of alkyl halides is 1. The summed E-state index contributed by atoms with van der Waals surface area (Å²) in [7, 11) is -1.13. The summed E-state index contributed by atoms with van der Waals surface area (Å²) in [6.45, 7) is -0.0830. The maximum Gasteiger partial charge on any atom is 0.305 e. The zero-order chi connectivity index (χ0) is 18.2. The summed E-state index contributed by atoms with van der Waals surface area (Å²) < 4.78 is 29.5. The van der Waals surface area contributed by atoms with Gasteiger partial charge in [-0.1, -0.05) is 0 Å². The van der Waals surface area contributed by atoms with Gasteiger partial charge in [0.2, 0.25) is 0 Å². The zero-order valence-corrected chi connectivity index (χ0v) is 14.6. The molecule has 0 bridgehead atoms. The van der Waals surface area contributed by atoms with E-state index in [-0.39, 0.29) is 30.1 Å². The van der Waals surface area contributed by atoms with Crippen LogP contribution in [0.4, 0.5) is 0 Å². The molecule has 11 heteroatoms. The first-order valence-electron chi connectivity index (χ1n) is 6.98. The molecular weight excluding hydrogens is 364 g/mol. The number of likely N-dealkylation sites (N-methyl/N-ethyl adjacent to an activating group) is 1. The highest BCUT2D eigenvalue weighted by molar-refractivity contribution is 7.92. The van der Waals surface area contributed by atoms with Crippen molar-refractivity contribution in [2.75, 3.05) is 32.3 Å². The van der Waals surface area contributed by atoms with Gasteiger partial charge in [-0.3, -0.25) is 19.3 Å². The molecule has 2 atom stereocenters. The number of methoxy groups -OCH3 is 1. The number of amides is 2. The summed E-state index contributed by atoms with van der Waals surface area (Å²) in [5, 5.41) is 7.45. The van der Waals surface area contributed by atoms with Crippen molar-refractivity contribution >= 4 is 39.2 Å². The number of nitrogens with zero attached hydrogens (tertiary/aromatic N) is 2. The maximum atomic E-state index is 12.6. The van der Waals surface area contributed by atoms with Gasteiger partial charge in [0.15, 0.2) is 21.3 Å². The second-order valence-electron chi connectivity index (χ2n) is 5.52. The van der Waals surface area contributed by atoms with Crippen LogP contribution in [0.25, 0.3) is 0 Å². The van der Waals surface area contributed by atoms with Crippen LogP contribution < -0.4 is 0 Å². The Labute approximate surface area is 143 Å². The number of aliphatic carboxylic acids is 1. The quantitative estimate of drug-likeness (QED) is 0.464. The van der Waals surface area contributed by atoms with Crippen molar-refractivity contribution in [3.05, 3.63) is 11.3 Å². The van der Waals surface area contributed by atoms with Gasteiger partial charge < -0.3 is 14.7 Å². The van der Waals surface area contributed by atoms with E-state index in [1.54, 1.807) is 0 Å². The molecule has 0 aromatic carbocycles. The van der Waals surface area contributed by atoms with Crippen molar-refractivity contribution in [2.24, 2.45) is 0 Å². The molecule has 1 saturated heterocycles. The minimum absolute atomic E-state index is 0.0830. The van der Waals surface area contributed by atoms with Crippen LogP contribution in [0.1, 0.15) is 6.42 Å². The molecular formula is C13H17ClN2O7S. The Morgan fingerprint density at radius 1 is 1.46 bits per heavy atom. The van der Waals surface area contributed by atoms with E-state index >= 15 is 0 Å². The lowest BCUT2D eigenvalue weighted by Crippen LogP contribution is -2.71. The highest BCUT2D eigenvalue weighted by atomic mass is 35.5. The molecule has 2 heterocycles. The predicted octanol–water partition coefficient (Wildman–Crippen LogP) is -0.976. The number of ether oxygens (including phenoxy) is 1. The van der Waals surface area contributed by atoms with Crippen LogP contribution >= 0.6 is 11.6 Å². The van der Waals surface area contributed by atoms with Gasteiger partial charge in [0, 0.05) is 26.6 Å². The number of hydrogen-bond acceptors (Lipinski definition) is 6. The minimum atomic E-state index is -3.72. The van der Waals surface area contributed by atoms with Crippen molar-refractivity contribution in [1.82, 2.24) is 9.80 Å². The Kier molecular flexibility index (Phi) is 5.21. The molecule has 1 fully saturated rings. The monoisotopic (exact) mass is 380 g/mol. The van der Waals surface area contributed by atoms with Crippen LogP contribution in [0.3, 0.4) is 0 Å². The largest absolute Gasteiger partial charge is 0.481 e. The van der Waals surface area contributed by atoms with Gasteiger partial charge in [0.25, 0.3) is 11.8 Å². The van der Waals surface area contributed by atoms with Crippen molar-refractivity contribution in [2.45, 2.75) is 17.9 Å². The number of carbonyl (C=O) groups excluding carboxylic acids is 2. The fraction of sp³-hybridized carbons (Fsp3) is 0.615. The van der Waals surface area contributed by atoms with Gasteiger partial charge in [-0.05, 0) is 5.57 Å². The molecule has 0 unspecified atom stereocenters. The van der Waals surface area contributed by atoms with Gasteiger partial charge in [-0.15, -0.1) is 11.6 Å². The Morgan fingerprint density at radius 2 is 2.08 bits per heavy atom. The van der Waals surface area contributed by atoms with Crippen LogP contribution in [0, 0.1) is 0 Å². The summed E-state index contributed by atoms with van der Waals surface area (Å²) in [5.74, 6) is -3.04. The predicted molar refractivity (Wildman–Crippen MR) is 82.9 cm³/mol. The highest BCUT2D eigenvalue weighted by Crippen LogP contribution is 2.38. The Balaban J connectivity index is 2.38. The number of sulfone groups is 1. The second kappa shape index (κ2) is 6.69.